The Balaban J connectivity index is 1.85. The molecule has 1 atom stereocenters. The van der Waals surface area contributed by atoms with Gasteiger partial charge in [0.1, 0.15) is 5.75 Å². The van der Waals surface area contributed by atoms with E-state index in [4.69, 9.17) is 0 Å². The van der Waals surface area contributed by atoms with E-state index in [1.54, 1.807) is 48.5 Å². The first-order valence-corrected chi connectivity index (χ1v) is 8.24. The third kappa shape index (κ3) is 3.66. The monoisotopic (exact) mass is 378 g/mol. The van der Waals surface area contributed by atoms with E-state index < -0.39 is 24.2 Å². The fourth-order valence-corrected chi connectivity index (χ4v) is 2.89. The summed E-state index contributed by atoms with van der Waals surface area (Å²) in [5.41, 5.74) is -2.59. The summed E-state index contributed by atoms with van der Waals surface area (Å²) >= 11 is 0. The van der Waals surface area contributed by atoms with Crippen molar-refractivity contribution in [2.24, 2.45) is 5.10 Å². The van der Waals surface area contributed by atoms with Gasteiger partial charge in [0.2, 0.25) is 5.91 Å². The van der Waals surface area contributed by atoms with Crippen LogP contribution in [0.2, 0.25) is 0 Å². The second kappa shape index (κ2) is 7.03. The molecule has 0 fully saturated rings. The highest BCUT2D eigenvalue weighted by Crippen LogP contribution is 2.41. The van der Waals surface area contributed by atoms with Crippen LogP contribution in [0.15, 0.2) is 59.7 Å². The Morgan fingerprint density at radius 3 is 2.37 bits per heavy atom. The predicted octanol–water partition coefficient (Wildman–Crippen LogP) is 3.21. The van der Waals surface area contributed by atoms with Crippen LogP contribution in [0.4, 0.5) is 13.2 Å². The Morgan fingerprint density at radius 2 is 1.74 bits per heavy atom. The normalized spacial score (nSPS) is 19.9. The number of amides is 1. The van der Waals surface area contributed by atoms with Crippen molar-refractivity contribution in [2.45, 2.75) is 31.2 Å². The second-order valence-electron chi connectivity index (χ2n) is 6.24. The van der Waals surface area contributed by atoms with Gasteiger partial charge in [0, 0.05) is 6.42 Å². The topological polar surface area (TPSA) is 73.1 Å². The van der Waals surface area contributed by atoms with Crippen LogP contribution in [0.5, 0.6) is 5.75 Å². The number of hydrogen-bond donors (Lipinski definition) is 2. The number of hydrogen-bond acceptors (Lipinski definition) is 4. The third-order valence-electron chi connectivity index (χ3n) is 4.38. The number of carbonyl (C=O) groups is 1. The maximum absolute atomic E-state index is 13.5. The number of carbonyl (C=O) groups excluding carboxylic acids is 1. The second-order valence-corrected chi connectivity index (χ2v) is 6.24. The molecule has 1 aliphatic heterocycles. The molecule has 2 aromatic carbocycles. The van der Waals surface area contributed by atoms with Crippen LogP contribution in [0.3, 0.4) is 0 Å². The van der Waals surface area contributed by atoms with Crippen LogP contribution in [-0.2, 0) is 11.2 Å². The fraction of sp³-hybridized carbons (Fsp3) is 0.263. The number of phenols is 1. The minimum Gasteiger partial charge on any atom is -0.508 e. The Hall–Kier alpha value is -2.87. The molecule has 27 heavy (non-hydrogen) atoms. The van der Waals surface area contributed by atoms with E-state index in [-0.39, 0.29) is 29.3 Å². The van der Waals surface area contributed by atoms with Crippen molar-refractivity contribution in [3.8, 4) is 5.75 Å². The first kappa shape index (κ1) is 18.9. The van der Waals surface area contributed by atoms with Gasteiger partial charge in [-0.2, -0.15) is 23.3 Å². The van der Waals surface area contributed by atoms with Crippen molar-refractivity contribution >= 4 is 11.6 Å². The van der Waals surface area contributed by atoms with Crippen LogP contribution >= 0.6 is 0 Å². The minimum atomic E-state index is -5.07. The van der Waals surface area contributed by atoms with Crippen LogP contribution in [0.25, 0.3) is 0 Å². The van der Waals surface area contributed by atoms with E-state index in [1.807, 2.05) is 0 Å². The summed E-state index contributed by atoms with van der Waals surface area (Å²) < 4.78 is 40.5. The Morgan fingerprint density at radius 1 is 1.11 bits per heavy atom. The van der Waals surface area contributed by atoms with Crippen LogP contribution in [0.1, 0.15) is 24.0 Å². The molecule has 0 saturated heterocycles. The Bertz CT molecular complexity index is 868. The molecule has 0 unspecified atom stereocenters. The summed E-state index contributed by atoms with van der Waals surface area (Å²) in [6, 6.07) is 14.3. The molecule has 1 aliphatic rings. The SMILES string of the molecule is O=C(CCc1ccccc1O)N1N=C(c2ccccc2)C[C@@]1(O)C(F)(F)F. The van der Waals surface area contributed by atoms with Crippen molar-refractivity contribution in [3.05, 3.63) is 65.7 Å². The standard InChI is InChI=1S/C19H17F3N2O3/c20-19(21,22)18(27)12-15(13-6-2-1-3-7-13)23-24(18)17(26)11-10-14-8-4-5-9-16(14)25/h1-9,25,27H,10-12H2/t18-/m1/s1. The number of aliphatic hydroxyl groups is 1. The maximum Gasteiger partial charge on any atom is 0.438 e. The molecule has 0 spiro atoms. The molecule has 2 N–H and O–H groups in total. The van der Waals surface area contributed by atoms with Crippen LogP contribution < -0.4 is 0 Å². The first-order valence-electron chi connectivity index (χ1n) is 8.24. The van der Waals surface area contributed by atoms with Gasteiger partial charge in [-0.1, -0.05) is 48.5 Å². The van der Waals surface area contributed by atoms with E-state index >= 15 is 0 Å². The first-order chi connectivity index (χ1) is 12.7. The van der Waals surface area contributed by atoms with Crippen LogP contribution in [-0.4, -0.2) is 38.7 Å². The maximum atomic E-state index is 13.5. The number of aromatic hydroxyl groups is 1. The molecular weight excluding hydrogens is 361 g/mol. The lowest BCUT2D eigenvalue weighted by molar-refractivity contribution is -0.302. The number of nitrogens with zero attached hydrogens (tertiary/aromatic N) is 2. The summed E-state index contributed by atoms with van der Waals surface area (Å²) in [4.78, 5) is 12.4. The largest absolute Gasteiger partial charge is 0.508 e. The zero-order chi connectivity index (χ0) is 19.7. The highest BCUT2D eigenvalue weighted by Gasteiger charge is 2.63. The number of benzene rings is 2. The quantitative estimate of drug-likeness (QED) is 0.858. The summed E-state index contributed by atoms with van der Waals surface area (Å²) in [5, 5.41) is 23.9. The number of alkyl halides is 3. The van der Waals surface area contributed by atoms with E-state index in [0.29, 0.717) is 11.1 Å². The van der Waals surface area contributed by atoms with E-state index in [2.05, 4.69) is 5.10 Å². The molecule has 0 aliphatic carbocycles. The van der Waals surface area contributed by atoms with Gasteiger partial charge in [0.05, 0.1) is 12.1 Å². The molecule has 8 heteroatoms. The molecule has 0 saturated carbocycles. The van der Waals surface area contributed by atoms with Gasteiger partial charge >= 0.3 is 6.18 Å². The van der Waals surface area contributed by atoms with Crippen molar-refractivity contribution in [1.82, 2.24) is 5.01 Å². The predicted molar refractivity (Wildman–Crippen MR) is 91.9 cm³/mol. The molecule has 2 aromatic rings. The zero-order valence-corrected chi connectivity index (χ0v) is 14.1. The van der Waals surface area contributed by atoms with Crippen molar-refractivity contribution in [3.63, 3.8) is 0 Å². The van der Waals surface area contributed by atoms with Crippen molar-refractivity contribution in [2.75, 3.05) is 0 Å². The molecular formula is C19H17F3N2O3. The summed E-state index contributed by atoms with van der Waals surface area (Å²) in [6.45, 7) is 0. The number of phenolic OH excluding ortho intramolecular Hbond substituents is 1. The molecule has 1 amide bonds. The molecule has 0 bridgehead atoms. The van der Waals surface area contributed by atoms with Crippen LogP contribution in [0, 0.1) is 0 Å². The van der Waals surface area contributed by atoms with E-state index in [0.717, 1.165) is 0 Å². The average molecular weight is 378 g/mol. The average Bonchev–Trinajstić information content (AvgIpc) is 3.01. The van der Waals surface area contributed by atoms with Gasteiger partial charge < -0.3 is 10.2 Å². The zero-order valence-electron chi connectivity index (χ0n) is 14.1. The Labute approximate surface area is 153 Å². The van der Waals surface area contributed by atoms with E-state index in [1.165, 1.54) is 6.07 Å². The van der Waals surface area contributed by atoms with Crippen molar-refractivity contribution in [1.29, 1.82) is 0 Å². The smallest absolute Gasteiger partial charge is 0.438 e. The molecule has 5 nitrogen and oxygen atoms in total. The van der Waals surface area contributed by atoms with E-state index in [9.17, 15) is 28.2 Å². The number of hydrazone groups is 1. The fourth-order valence-electron chi connectivity index (χ4n) is 2.89. The molecule has 0 aromatic heterocycles. The van der Waals surface area contributed by atoms with Gasteiger partial charge in [-0.3, -0.25) is 4.79 Å². The lowest BCUT2D eigenvalue weighted by atomic mass is 10.0. The highest BCUT2D eigenvalue weighted by atomic mass is 19.4. The molecule has 1 heterocycles. The van der Waals surface area contributed by atoms with Gasteiger partial charge in [-0.15, -0.1) is 0 Å². The summed E-state index contributed by atoms with van der Waals surface area (Å²) in [7, 11) is 0. The Kier molecular flexibility index (Phi) is 4.93. The lowest BCUT2D eigenvalue weighted by Gasteiger charge is -2.32. The minimum absolute atomic E-state index is 0.0200. The highest BCUT2D eigenvalue weighted by molar-refractivity contribution is 6.03. The summed E-state index contributed by atoms with van der Waals surface area (Å²) in [5.74, 6) is -1.03. The third-order valence-corrected chi connectivity index (χ3v) is 4.38. The van der Waals surface area contributed by atoms with Crippen molar-refractivity contribution < 1.29 is 28.2 Å². The summed E-state index contributed by atoms with van der Waals surface area (Å²) in [6.07, 6.45) is -6.24. The van der Waals surface area contributed by atoms with Gasteiger partial charge in [-0.05, 0) is 23.6 Å². The number of para-hydroxylation sites is 1. The number of aryl methyl sites for hydroxylation is 1. The molecule has 142 valence electrons. The number of rotatable bonds is 4. The van der Waals surface area contributed by atoms with Gasteiger partial charge in [0.25, 0.3) is 5.72 Å². The van der Waals surface area contributed by atoms with Gasteiger partial charge in [0.15, 0.2) is 0 Å². The molecule has 3 rings (SSSR count). The molecule has 0 radical (unpaired) electrons. The lowest BCUT2D eigenvalue weighted by Crippen LogP contribution is -2.56. The van der Waals surface area contributed by atoms with Gasteiger partial charge in [-0.25, -0.2) is 0 Å². The number of halogens is 3.